The van der Waals surface area contributed by atoms with E-state index in [1.807, 2.05) is 0 Å². The molecule has 0 N–H and O–H groups in total. The smallest absolute Gasteiger partial charge is 0.380 e. The molecule has 0 spiro atoms. The third-order valence-corrected chi connectivity index (χ3v) is 1.81. The first-order chi connectivity index (χ1) is 6.18. The number of fused-ring (bicyclic) bond motifs is 1. The van der Waals surface area contributed by atoms with E-state index in [1.165, 1.54) is 0 Å². The van der Waals surface area contributed by atoms with Crippen LogP contribution in [0.3, 0.4) is 0 Å². The van der Waals surface area contributed by atoms with Crippen LogP contribution < -0.4 is 0 Å². The summed E-state index contributed by atoms with van der Waals surface area (Å²) in [5.74, 6) is 0. The first kappa shape index (κ1) is 8.00. The lowest BCUT2D eigenvalue weighted by Gasteiger charge is -1.84. The zero-order valence-electron chi connectivity index (χ0n) is 6.23. The van der Waals surface area contributed by atoms with Crippen LogP contribution in [0.25, 0.3) is 11.1 Å². The molecule has 0 saturated heterocycles. The topological polar surface area (TPSA) is 69.2 Å². The molecule has 0 bridgehead atoms. The summed E-state index contributed by atoms with van der Waals surface area (Å²) in [5.41, 5.74) is 0.634. The maximum atomic E-state index is 10.3. The predicted octanol–water partition coefficient (Wildman–Crippen LogP) is 2.39. The normalized spacial score (nSPS) is 10.5. The number of para-hydroxylation sites is 1. The summed E-state index contributed by atoms with van der Waals surface area (Å²) in [6, 6.07) is 4.29. The Balaban J connectivity index is 2.75. The summed E-state index contributed by atoms with van der Waals surface area (Å²) >= 11 is 5.72. The van der Waals surface area contributed by atoms with Crippen molar-refractivity contribution in [2.75, 3.05) is 0 Å². The lowest BCUT2D eigenvalue weighted by Crippen LogP contribution is -1.85. The average Bonchev–Trinajstić information content (AvgIpc) is 2.49. The number of nitro groups is 1. The Bertz CT molecular complexity index is 480. The van der Waals surface area contributed by atoms with E-state index in [9.17, 15) is 10.1 Å². The number of rotatable bonds is 1. The minimum absolute atomic E-state index is 0.246. The zero-order chi connectivity index (χ0) is 9.42. The van der Waals surface area contributed by atoms with Crippen LogP contribution in [0.1, 0.15) is 0 Å². The van der Waals surface area contributed by atoms with E-state index in [4.69, 9.17) is 16.0 Å². The minimum Gasteiger partial charge on any atom is -0.380 e. The van der Waals surface area contributed by atoms with Gasteiger partial charge < -0.3 is 14.5 Å². The number of benzene rings is 1. The van der Waals surface area contributed by atoms with Crippen LogP contribution in [0.15, 0.2) is 22.6 Å². The van der Waals surface area contributed by atoms with Crippen molar-refractivity contribution in [1.29, 1.82) is 0 Å². The van der Waals surface area contributed by atoms with Crippen LogP contribution >= 0.6 is 11.6 Å². The lowest BCUT2D eigenvalue weighted by molar-refractivity contribution is -0.406. The molecule has 0 radical (unpaired) electrons. The standard InChI is InChI=1S/C7H3ClN2O3/c8-4-2-1-3-5-6(4)13-7(9-5)10(11)12/h1-3H. The molecular weight excluding hydrogens is 196 g/mol. The summed E-state index contributed by atoms with van der Waals surface area (Å²) in [5, 5.41) is 10.6. The maximum absolute atomic E-state index is 10.3. The maximum Gasteiger partial charge on any atom is 0.546 e. The number of aromatic nitrogens is 1. The molecule has 1 aromatic carbocycles. The molecule has 13 heavy (non-hydrogen) atoms. The first-order valence-electron chi connectivity index (χ1n) is 3.38. The number of hydrogen-bond acceptors (Lipinski definition) is 4. The quantitative estimate of drug-likeness (QED) is 0.521. The van der Waals surface area contributed by atoms with Gasteiger partial charge in [-0.1, -0.05) is 17.7 Å². The van der Waals surface area contributed by atoms with Gasteiger partial charge in [0.25, 0.3) is 0 Å². The van der Waals surface area contributed by atoms with E-state index in [2.05, 4.69) is 4.98 Å². The van der Waals surface area contributed by atoms with E-state index in [0.29, 0.717) is 10.5 Å². The van der Waals surface area contributed by atoms with Crippen molar-refractivity contribution >= 4 is 28.7 Å². The second-order valence-electron chi connectivity index (χ2n) is 2.34. The van der Waals surface area contributed by atoms with E-state index in [0.717, 1.165) is 0 Å². The van der Waals surface area contributed by atoms with Crippen LogP contribution in [-0.2, 0) is 0 Å². The Hall–Kier alpha value is -1.62. The fourth-order valence-electron chi connectivity index (χ4n) is 0.982. The molecule has 0 aliphatic heterocycles. The van der Waals surface area contributed by atoms with Gasteiger partial charge in [-0.05, 0) is 12.1 Å². The molecule has 0 aliphatic rings. The number of halogens is 1. The second-order valence-corrected chi connectivity index (χ2v) is 2.75. The molecule has 0 fully saturated rings. The second kappa shape index (κ2) is 2.70. The molecule has 1 aromatic heterocycles. The van der Waals surface area contributed by atoms with Gasteiger partial charge in [-0.15, -0.1) is 0 Å². The van der Waals surface area contributed by atoms with Gasteiger partial charge in [-0.2, -0.15) is 0 Å². The number of nitrogens with zero attached hydrogens (tertiary/aromatic N) is 2. The van der Waals surface area contributed by atoms with Crippen LogP contribution in [0, 0.1) is 10.1 Å². The Labute approximate surface area is 77.1 Å². The molecule has 66 valence electrons. The van der Waals surface area contributed by atoms with Gasteiger partial charge in [0.1, 0.15) is 0 Å². The van der Waals surface area contributed by atoms with Crippen molar-refractivity contribution in [3.8, 4) is 0 Å². The van der Waals surface area contributed by atoms with Crippen LogP contribution in [0.5, 0.6) is 0 Å². The molecular formula is C7H3ClN2O3. The van der Waals surface area contributed by atoms with Crippen LogP contribution in [-0.4, -0.2) is 9.91 Å². The van der Waals surface area contributed by atoms with Gasteiger partial charge >= 0.3 is 6.01 Å². The highest BCUT2D eigenvalue weighted by Gasteiger charge is 2.18. The lowest BCUT2D eigenvalue weighted by atomic mass is 10.3. The third-order valence-electron chi connectivity index (χ3n) is 1.51. The zero-order valence-corrected chi connectivity index (χ0v) is 6.99. The minimum atomic E-state index is -0.698. The molecule has 0 aliphatic carbocycles. The molecule has 0 unspecified atom stereocenters. The highest BCUT2D eigenvalue weighted by atomic mass is 35.5. The van der Waals surface area contributed by atoms with Crippen molar-refractivity contribution in [3.63, 3.8) is 0 Å². The largest absolute Gasteiger partial charge is 0.546 e. The van der Waals surface area contributed by atoms with Crippen LogP contribution in [0.4, 0.5) is 6.01 Å². The molecule has 6 heteroatoms. The molecule has 2 rings (SSSR count). The molecule has 0 saturated carbocycles. The average molecular weight is 199 g/mol. The van der Waals surface area contributed by atoms with E-state index >= 15 is 0 Å². The fraction of sp³-hybridized carbons (Fsp3) is 0. The summed E-state index contributed by atoms with van der Waals surface area (Å²) in [6.45, 7) is 0. The highest BCUT2D eigenvalue weighted by molar-refractivity contribution is 6.34. The monoisotopic (exact) mass is 198 g/mol. The Morgan fingerprint density at radius 3 is 2.92 bits per heavy atom. The fourth-order valence-corrected chi connectivity index (χ4v) is 1.19. The van der Waals surface area contributed by atoms with Crippen molar-refractivity contribution in [1.82, 2.24) is 4.98 Å². The van der Waals surface area contributed by atoms with Crippen LogP contribution in [0.2, 0.25) is 5.02 Å². The van der Waals surface area contributed by atoms with Crippen molar-refractivity contribution < 1.29 is 9.34 Å². The SMILES string of the molecule is O=[N+]([O-])c1nc2cccc(Cl)c2o1. The van der Waals surface area contributed by atoms with Gasteiger partial charge in [0.05, 0.1) is 5.02 Å². The summed E-state index contributed by atoms with van der Waals surface area (Å²) in [4.78, 5) is 13.2. The van der Waals surface area contributed by atoms with E-state index in [1.54, 1.807) is 18.2 Å². The van der Waals surface area contributed by atoms with Crippen molar-refractivity contribution in [2.24, 2.45) is 0 Å². The molecule has 0 atom stereocenters. The van der Waals surface area contributed by atoms with Gasteiger partial charge in [-0.25, -0.2) is 0 Å². The number of hydrogen-bond donors (Lipinski definition) is 0. The summed E-state index contributed by atoms with van der Waals surface area (Å²) in [6.07, 6.45) is 0. The first-order valence-corrected chi connectivity index (χ1v) is 3.76. The van der Waals surface area contributed by atoms with Gasteiger partial charge in [-0.3, -0.25) is 0 Å². The third kappa shape index (κ3) is 1.23. The van der Waals surface area contributed by atoms with Gasteiger partial charge in [0.15, 0.2) is 0 Å². The molecule has 5 nitrogen and oxygen atoms in total. The predicted molar refractivity (Wildman–Crippen MR) is 45.7 cm³/mol. The molecule has 1 heterocycles. The van der Waals surface area contributed by atoms with E-state index < -0.39 is 10.9 Å². The van der Waals surface area contributed by atoms with Gasteiger partial charge in [0, 0.05) is 9.91 Å². The molecule has 0 amide bonds. The summed E-state index contributed by atoms with van der Waals surface area (Å²) in [7, 11) is 0. The Morgan fingerprint density at radius 1 is 1.54 bits per heavy atom. The number of oxazole rings is 1. The Morgan fingerprint density at radius 2 is 2.31 bits per heavy atom. The van der Waals surface area contributed by atoms with Gasteiger partial charge in [0.2, 0.25) is 11.1 Å². The van der Waals surface area contributed by atoms with Crippen molar-refractivity contribution in [3.05, 3.63) is 33.3 Å². The summed E-state index contributed by atoms with van der Waals surface area (Å²) < 4.78 is 4.82. The molecule has 2 aromatic rings. The highest BCUT2D eigenvalue weighted by Crippen LogP contribution is 2.26. The van der Waals surface area contributed by atoms with Crippen molar-refractivity contribution in [2.45, 2.75) is 0 Å². The Kier molecular flexibility index (Phi) is 1.66. The van der Waals surface area contributed by atoms with E-state index in [-0.39, 0.29) is 5.58 Å².